The van der Waals surface area contributed by atoms with Crippen molar-refractivity contribution in [3.8, 4) is 0 Å². The fraction of sp³-hybridized carbons (Fsp3) is 1.00. The van der Waals surface area contributed by atoms with E-state index in [0.717, 1.165) is 17.9 Å². The van der Waals surface area contributed by atoms with Crippen LogP contribution in [-0.2, 0) is 0 Å². The first-order valence-corrected chi connectivity index (χ1v) is 7.63. The Morgan fingerprint density at radius 1 is 1.12 bits per heavy atom. The van der Waals surface area contributed by atoms with E-state index in [4.69, 9.17) is 0 Å². The van der Waals surface area contributed by atoms with Crippen LogP contribution in [0.1, 0.15) is 53.4 Å². The van der Waals surface area contributed by atoms with Gasteiger partial charge in [-0.15, -0.1) is 0 Å². The maximum atomic E-state index is 3.78. The molecule has 0 aromatic heterocycles. The molecule has 0 heterocycles. The Morgan fingerprint density at radius 3 is 2.47 bits per heavy atom. The van der Waals surface area contributed by atoms with Gasteiger partial charge in [-0.25, -0.2) is 0 Å². The molecular weight excluding hydrogens is 208 g/mol. The van der Waals surface area contributed by atoms with Crippen molar-refractivity contribution in [2.45, 2.75) is 59.4 Å². The van der Waals surface area contributed by atoms with Crippen LogP contribution in [0.3, 0.4) is 0 Å². The second-order valence-electron chi connectivity index (χ2n) is 5.84. The van der Waals surface area contributed by atoms with Crippen molar-refractivity contribution in [1.29, 1.82) is 0 Å². The Labute approximate surface area is 108 Å². The van der Waals surface area contributed by atoms with Crippen molar-refractivity contribution in [2.75, 3.05) is 26.2 Å². The van der Waals surface area contributed by atoms with Crippen LogP contribution in [0.15, 0.2) is 0 Å². The van der Waals surface area contributed by atoms with E-state index in [-0.39, 0.29) is 0 Å². The number of hydrogen-bond acceptors (Lipinski definition) is 2. The van der Waals surface area contributed by atoms with E-state index < -0.39 is 0 Å². The first kappa shape index (κ1) is 15.0. The summed E-state index contributed by atoms with van der Waals surface area (Å²) in [6.45, 7) is 14.1. The largest absolute Gasteiger partial charge is 0.314 e. The second-order valence-corrected chi connectivity index (χ2v) is 5.84. The first-order chi connectivity index (χ1) is 8.17. The molecule has 0 aromatic carbocycles. The third-order valence-electron chi connectivity index (χ3n) is 4.41. The molecule has 0 spiro atoms. The molecule has 3 atom stereocenters. The van der Waals surface area contributed by atoms with Gasteiger partial charge in [0.15, 0.2) is 0 Å². The molecule has 2 nitrogen and oxygen atoms in total. The average molecular weight is 240 g/mol. The topological polar surface area (TPSA) is 15.3 Å². The van der Waals surface area contributed by atoms with Gasteiger partial charge in [-0.2, -0.15) is 0 Å². The zero-order chi connectivity index (χ0) is 12.7. The zero-order valence-corrected chi connectivity index (χ0v) is 12.3. The Bertz CT molecular complexity index is 189. The molecule has 0 aliphatic heterocycles. The van der Waals surface area contributed by atoms with Crippen molar-refractivity contribution < 1.29 is 0 Å². The molecule has 3 unspecified atom stereocenters. The molecule has 1 aliphatic carbocycles. The predicted molar refractivity (Wildman–Crippen MR) is 76.4 cm³/mol. The third kappa shape index (κ3) is 5.39. The average Bonchev–Trinajstić information content (AvgIpc) is 2.33. The molecule has 0 radical (unpaired) electrons. The highest BCUT2D eigenvalue weighted by atomic mass is 15.1. The molecule has 1 rings (SSSR count). The molecule has 0 amide bonds. The third-order valence-corrected chi connectivity index (χ3v) is 4.41. The van der Waals surface area contributed by atoms with Crippen molar-refractivity contribution in [2.24, 2.45) is 11.8 Å². The lowest BCUT2D eigenvalue weighted by Gasteiger charge is -2.33. The summed E-state index contributed by atoms with van der Waals surface area (Å²) in [4.78, 5) is 2.51. The molecule has 1 fully saturated rings. The summed E-state index contributed by atoms with van der Waals surface area (Å²) in [6, 6.07) is 0.774. The van der Waals surface area contributed by atoms with Crippen LogP contribution in [0.25, 0.3) is 0 Å². The standard InChI is InChI=1S/C15H32N2/c1-5-17(6-2)11-7-10-16-15-12-13(3)8-9-14(15)4/h13-16H,5-12H2,1-4H3. The minimum Gasteiger partial charge on any atom is -0.314 e. The lowest BCUT2D eigenvalue weighted by atomic mass is 9.80. The van der Waals surface area contributed by atoms with E-state index >= 15 is 0 Å². The van der Waals surface area contributed by atoms with Crippen LogP contribution in [-0.4, -0.2) is 37.1 Å². The normalized spacial score (nSPS) is 29.8. The van der Waals surface area contributed by atoms with Gasteiger partial charge in [-0.1, -0.05) is 34.1 Å². The van der Waals surface area contributed by atoms with Crippen LogP contribution in [0.4, 0.5) is 0 Å². The summed E-state index contributed by atoms with van der Waals surface area (Å²) >= 11 is 0. The van der Waals surface area contributed by atoms with Crippen LogP contribution < -0.4 is 5.32 Å². The summed E-state index contributed by atoms with van der Waals surface area (Å²) in [5, 5.41) is 3.78. The van der Waals surface area contributed by atoms with Crippen LogP contribution >= 0.6 is 0 Å². The molecule has 1 aliphatic rings. The van der Waals surface area contributed by atoms with E-state index in [1.807, 2.05) is 0 Å². The number of nitrogens with zero attached hydrogens (tertiary/aromatic N) is 1. The Kier molecular flexibility index (Phi) is 7.14. The van der Waals surface area contributed by atoms with E-state index in [1.54, 1.807) is 0 Å². The highest BCUT2D eigenvalue weighted by Gasteiger charge is 2.24. The first-order valence-electron chi connectivity index (χ1n) is 7.63. The molecule has 17 heavy (non-hydrogen) atoms. The van der Waals surface area contributed by atoms with Gasteiger partial charge in [0.05, 0.1) is 0 Å². The lowest BCUT2D eigenvalue weighted by molar-refractivity contribution is 0.223. The molecule has 102 valence electrons. The van der Waals surface area contributed by atoms with Crippen LogP contribution in [0.2, 0.25) is 0 Å². The minimum absolute atomic E-state index is 0.774. The number of nitrogens with one attached hydrogen (secondary N) is 1. The van der Waals surface area contributed by atoms with Gasteiger partial charge >= 0.3 is 0 Å². The summed E-state index contributed by atoms with van der Waals surface area (Å²) in [5.74, 6) is 1.80. The lowest BCUT2D eigenvalue weighted by Crippen LogP contribution is -2.40. The maximum Gasteiger partial charge on any atom is 0.00952 e. The summed E-state index contributed by atoms with van der Waals surface area (Å²) < 4.78 is 0. The summed E-state index contributed by atoms with van der Waals surface area (Å²) in [6.07, 6.45) is 5.51. The van der Waals surface area contributed by atoms with Gasteiger partial charge in [0.25, 0.3) is 0 Å². The van der Waals surface area contributed by atoms with E-state index in [0.29, 0.717) is 0 Å². The minimum atomic E-state index is 0.774. The molecular formula is C15H32N2. The maximum absolute atomic E-state index is 3.78. The second kappa shape index (κ2) is 8.10. The molecule has 0 saturated heterocycles. The summed E-state index contributed by atoms with van der Waals surface area (Å²) in [5.41, 5.74) is 0. The molecule has 0 aromatic rings. The highest BCUT2D eigenvalue weighted by Crippen LogP contribution is 2.28. The zero-order valence-electron chi connectivity index (χ0n) is 12.3. The van der Waals surface area contributed by atoms with Gasteiger partial charge < -0.3 is 10.2 Å². The highest BCUT2D eigenvalue weighted by molar-refractivity contribution is 4.81. The van der Waals surface area contributed by atoms with Crippen molar-refractivity contribution >= 4 is 0 Å². The van der Waals surface area contributed by atoms with E-state index in [1.165, 1.54) is 51.9 Å². The number of hydrogen-bond donors (Lipinski definition) is 1. The molecule has 2 heteroatoms. The van der Waals surface area contributed by atoms with E-state index in [2.05, 4.69) is 37.9 Å². The van der Waals surface area contributed by atoms with Crippen LogP contribution in [0.5, 0.6) is 0 Å². The van der Waals surface area contributed by atoms with Crippen molar-refractivity contribution in [3.05, 3.63) is 0 Å². The summed E-state index contributed by atoms with van der Waals surface area (Å²) in [7, 11) is 0. The Balaban J connectivity index is 2.12. The smallest absolute Gasteiger partial charge is 0.00952 e. The fourth-order valence-electron chi connectivity index (χ4n) is 2.95. The quantitative estimate of drug-likeness (QED) is 0.688. The SMILES string of the molecule is CCN(CC)CCCNC1CC(C)CCC1C. The predicted octanol–water partition coefficient (Wildman–Crippen LogP) is 3.13. The van der Waals surface area contributed by atoms with E-state index in [9.17, 15) is 0 Å². The molecule has 0 bridgehead atoms. The van der Waals surface area contributed by atoms with Gasteiger partial charge in [0, 0.05) is 6.04 Å². The Hall–Kier alpha value is -0.0800. The van der Waals surface area contributed by atoms with Gasteiger partial charge in [-0.3, -0.25) is 0 Å². The monoisotopic (exact) mass is 240 g/mol. The molecule has 1 saturated carbocycles. The van der Waals surface area contributed by atoms with Crippen molar-refractivity contribution in [3.63, 3.8) is 0 Å². The molecule has 1 N–H and O–H groups in total. The van der Waals surface area contributed by atoms with Gasteiger partial charge in [-0.05, 0) is 57.3 Å². The van der Waals surface area contributed by atoms with Gasteiger partial charge in [0.1, 0.15) is 0 Å². The van der Waals surface area contributed by atoms with Crippen molar-refractivity contribution in [1.82, 2.24) is 10.2 Å². The van der Waals surface area contributed by atoms with Crippen LogP contribution in [0, 0.1) is 11.8 Å². The fourth-order valence-corrected chi connectivity index (χ4v) is 2.95. The van der Waals surface area contributed by atoms with Gasteiger partial charge in [0.2, 0.25) is 0 Å². The Morgan fingerprint density at radius 2 is 1.82 bits per heavy atom. The number of rotatable bonds is 7.